The summed E-state index contributed by atoms with van der Waals surface area (Å²) in [5.74, 6) is 5.46. The first-order chi connectivity index (χ1) is 7.99. The quantitative estimate of drug-likeness (QED) is 0.629. The van der Waals surface area contributed by atoms with Gasteiger partial charge >= 0.3 is 6.18 Å². The summed E-state index contributed by atoms with van der Waals surface area (Å²) in [6.45, 7) is 2.08. The van der Waals surface area contributed by atoms with E-state index in [1.165, 1.54) is 16.7 Å². The Bertz CT molecular complexity index is 544. The first kappa shape index (κ1) is 11.7. The summed E-state index contributed by atoms with van der Waals surface area (Å²) in [4.78, 5) is 4.00. The lowest BCUT2D eigenvalue weighted by atomic mass is 10.2. The number of nitrogen functional groups attached to an aromatic ring is 1. The van der Waals surface area contributed by atoms with Gasteiger partial charge in [0.05, 0.1) is 16.6 Å². The van der Waals surface area contributed by atoms with E-state index in [0.717, 1.165) is 6.07 Å². The van der Waals surface area contributed by atoms with Crippen LogP contribution in [0.5, 0.6) is 0 Å². The molecule has 17 heavy (non-hydrogen) atoms. The first-order valence-corrected chi connectivity index (χ1v) is 5.02. The molecule has 2 rings (SSSR count). The maximum Gasteiger partial charge on any atom is 0.418 e. The number of imidazole rings is 1. The number of nitrogens with one attached hydrogen (secondary N) is 1. The number of aromatic nitrogens is 2. The Kier molecular flexibility index (Phi) is 2.70. The van der Waals surface area contributed by atoms with Crippen molar-refractivity contribution < 1.29 is 13.2 Å². The third-order valence-corrected chi connectivity index (χ3v) is 2.52. The van der Waals surface area contributed by atoms with E-state index < -0.39 is 11.7 Å². The lowest BCUT2D eigenvalue weighted by Gasteiger charge is -2.11. The number of hydrazine groups is 1. The number of benzene rings is 1. The SMILES string of the molecule is CCn1c(NN)nc2cccc(C(F)(F)F)c21. The van der Waals surface area contributed by atoms with Crippen LogP contribution in [-0.2, 0) is 12.7 Å². The second kappa shape index (κ2) is 3.92. The van der Waals surface area contributed by atoms with Gasteiger partial charge in [0.25, 0.3) is 0 Å². The van der Waals surface area contributed by atoms with E-state index in [1.54, 1.807) is 6.92 Å². The Labute approximate surface area is 95.2 Å². The number of anilines is 1. The van der Waals surface area contributed by atoms with Gasteiger partial charge < -0.3 is 4.57 Å². The van der Waals surface area contributed by atoms with Gasteiger partial charge in [0, 0.05) is 6.54 Å². The lowest BCUT2D eigenvalue weighted by molar-refractivity contribution is -0.136. The molecule has 2 aromatic rings. The predicted octanol–water partition coefficient (Wildman–Crippen LogP) is 2.36. The fourth-order valence-corrected chi connectivity index (χ4v) is 1.83. The van der Waals surface area contributed by atoms with Crippen molar-refractivity contribution in [3.63, 3.8) is 0 Å². The van der Waals surface area contributed by atoms with E-state index in [9.17, 15) is 13.2 Å². The molecule has 0 saturated carbocycles. The van der Waals surface area contributed by atoms with E-state index in [-0.39, 0.29) is 17.0 Å². The van der Waals surface area contributed by atoms with Crippen LogP contribution in [0.4, 0.5) is 19.1 Å². The third kappa shape index (κ3) is 1.82. The monoisotopic (exact) mass is 244 g/mol. The number of alkyl halides is 3. The standard InChI is InChI=1S/C10H11F3N4/c1-2-17-8-6(10(11,12)13)4-3-5-7(8)15-9(17)16-14/h3-5H,2,14H2,1H3,(H,15,16). The zero-order valence-corrected chi connectivity index (χ0v) is 9.04. The molecule has 0 amide bonds. The number of fused-ring (bicyclic) bond motifs is 1. The topological polar surface area (TPSA) is 55.9 Å². The first-order valence-electron chi connectivity index (χ1n) is 5.02. The van der Waals surface area contributed by atoms with Gasteiger partial charge in [0.15, 0.2) is 0 Å². The van der Waals surface area contributed by atoms with Crippen molar-refractivity contribution in [3.8, 4) is 0 Å². The van der Waals surface area contributed by atoms with Gasteiger partial charge in [0.1, 0.15) is 0 Å². The number of para-hydroxylation sites is 1. The minimum absolute atomic E-state index is 0.0513. The van der Waals surface area contributed by atoms with Crippen molar-refractivity contribution in [2.24, 2.45) is 5.84 Å². The van der Waals surface area contributed by atoms with Gasteiger partial charge in [-0.25, -0.2) is 10.8 Å². The molecule has 92 valence electrons. The van der Waals surface area contributed by atoms with E-state index >= 15 is 0 Å². The van der Waals surface area contributed by atoms with Crippen molar-refractivity contribution in [1.29, 1.82) is 0 Å². The third-order valence-electron chi connectivity index (χ3n) is 2.52. The summed E-state index contributed by atoms with van der Waals surface area (Å²) >= 11 is 0. The Morgan fingerprint density at radius 2 is 2.12 bits per heavy atom. The number of halogens is 3. The van der Waals surface area contributed by atoms with Gasteiger partial charge in [-0.3, -0.25) is 5.43 Å². The zero-order chi connectivity index (χ0) is 12.6. The second-order valence-electron chi connectivity index (χ2n) is 3.50. The van der Waals surface area contributed by atoms with Crippen molar-refractivity contribution in [2.75, 3.05) is 5.43 Å². The highest BCUT2D eigenvalue weighted by atomic mass is 19.4. The van der Waals surface area contributed by atoms with Gasteiger partial charge in [0.2, 0.25) is 5.95 Å². The van der Waals surface area contributed by atoms with E-state index in [1.807, 2.05) is 0 Å². The molecule has 1 aromatic carbocycles. The molecule has 4 nitrogen and oxygen atoms in total. The van der Waals surface area contributed by atoms with Crippen molar-refractivity contribution in [3.05, 3.63) is 23.8 Å². The summed E-state index contributed by atoms with van der Waals surface area (Å²) in [6.07, 6.45) is -4.40. The highest BCUT2D eigenvalue weighted by Gasteiger charge is 2.34. The van der Waals surface area contributed by atoms with Crippen LogP contribution >= 0.6 is 0 Å². The lowest BCUT2D eigenvalue weighted by Crippen LogP contribution is -2.14. The molecule has 0 bridgehead atoms. The Hall–Kier alpha value is -1.76. The molecule has 0 spiro atoms. The summed E-state index contributed by atoms with van der Waals surface area (Å²) in [6, 6.07) is 3.90. The molecular formula is C10H11F3N4. The Balaban J connectivity index is 2.82. The van der Waals surface area contributed by atoms with Crippen LogP contribution in [0.3, 0.4) is 0 Å². The molecule has 3 N–H and O–H groups in total. The van der Waals surface area contributed by atoms with E-state index in [2.05, 4.69) is 10.4 Å². The molecule has 1 heterocycles. The molecule has 7 heteroatoms. The van der Waals surface area contributed by atoms with Crippen LogP contribution in [0.25, 0.3) is 11.0 Å². The fourth-order valence-electron chi connectivity index (χ4n) is 1.83. The number of hydrogen-bond acceptors (Lipinski definition) is 3. The molecule has 0 fully saturated rings. The Morgan fingerprint density at radius 1 is 1.41 bits per heavy atom. The van der Waals surface area contributed by atoms with Crippen molar-refractivity contribution in [2.45, 2.75) is 19.6 Å². The van der Waals surface area contributed by atoms with Gasteiger partial charge in [-0.05, 0) is 19.1 Å². The molecule has 0 saturated heterocycles. The number of nitrogens with two attached hydrogens (primary N) is 1. The minimum atomic E-state index is -4.40. The number of rotatable bonds is 2. The van der Waals surface area contributed by atoms with Crippen LogP contribution in [0, 0.1) is 0 Å². The molecule has 0 atom stereocenters. The van der Waals surface area contributed by atoms with Crippen LogP contribution in [0.2, 0.25) is 0 Å². The molecule has 0 radical (unpaired) electrons. The van der Waals surface area contributed by atoms with Crippen LogP contribution in [-0.4, -0.2) is 9.55 Å². The highest BCUT2D eigenvalue weighted by molar-refractivity contribution is 5.82. The summed E-state index contributed by atoms with van der Waals surface area (Å²) in [5.41, 5.74) is 1.92. The summed E-state index contributed by atoms with van der Waals surface area (Å²) in [7, 11) is 0. The minimum Gasteiger partial charge on any atom is -0.309 e. The van der Waals surface area contributed by atoms with Crippen molar-refractivity contribution >= 4 is 17.0 Å². The maximum atomic E-state index is 12.9. The molecule has 0 aliphatic heterocycles. The largest absolute Gasteiger partial charge is 0.418 e. The number of hydrogen-bond donors (Lipinski definition) is 2. The van der Waals surface area contributed by atoms with E-state index in [0.29, 0.717) is 6.54 Å². The summed E-state index contributed by atoms with van der Waals surface area (Å²) in [5, 5.41) is 0. The average molecular weight is 244 g/mol. The van der Waals surface area contributed by atoms with Crippen LogP contribution in [0.1, 0.15) is 12.5 Å². The number of nitrogens with zero attached hydrogens (tertiary/aromatic N) is 2. The van der Waals surface area contributed by atoms with E-state index in [4.69, 9.17) is 5.84 Å². The summed E-state index contributed by atoms with van der Waals surface area (Å²) < 4.78 is 40.0. The predicted molar refractivity (Wildman–Crippen MR) is 58.2 cm³/mol. The molecule has 1 aromatic heterocycles. The van der Waals surface area contributed by atoms with Crippen LogP contribution in [0.15, 0.2) is 18.2 Å². The maximum absolute atomic E-state index is 12.9. The smallest absolute Gasteiger partial charge is 0.309 e. The highest BCUT2D eigenvalue weighted by Crippen LogP contribution is 2.35. The zero-order valence-electron chi connectivity index (χ0n) is 9.04. The molecule has 0 aliphatic rings. The second-order valence-corrected chi connectivity index (χ2v) is 3.50. The van der Waals surface area contributed by atoms with Gasteiger partial charge in [-0.1, -0.05) is 6.07 Å². The Morgan fingerprint density at radius 3 is 2.65 bits per heavy atom. The van der Waals surface area contributed by atoms with Crippen molar-refractivity contribution in [1.82, 2.24) is 9.55 Å². The van der Waals surface area contributed by atoms with Gasteiger partial charge in [-0.2, -0.15) is 13.2 Å². The number of aryl methyl sites for hydroxylation is 1. The fraction of sp³-hybridized carbons (Fsp3) is 0.300. The molecular weight excluding hydrogens is 233 g/mol. The molecule has 0 aliphatic carbocycles. The van der Waals surface area contributed by atoms with Gasteiger partial charge in [-0.15, -0.1) is 0 Å². The van der Waals surface area contributed by atoms with Crippen LogP contribution < -0.4 is 11.3 Å². The molecule has 0 unspecified atom stereocenters. The average Bonchev–Trinajstić information content (AvgIpc) is 2.64. The normalized spacial score (nSPS) is 12.1.